The van der Waals surface area contributed by atoms with Crippen molar-refractivity contribution in [2.45, 2.75) is 39.2 Å². The van der Waals surface area contributed by atoms with E-state index in [0.717, 1.165) is 22.9 Å². The van der Waals surface area contributed by atoms with Crippen LogP contribution in [0.4, 0.5) is 0 Å². The molecule has 1 aromatic carbocycles. The topological polar surface area (TPSA) is 61.0 Å². The maximum Gasteiger partial charge on any atom is 0.264 e. The van der Waals surface area contributed by atoms with Crippen molar-refractivity contribution in [3.05, 3.63) is 46.3 Å². The fraction of sp³-hybridized carbons (Fsp3) is 0.353. The summed E-state index contributed by atoms with van der Waals surface area (Å²) in [5.74, 6) is 1.84. The van der Waals surface area contributed by atoms with Crippen LogP contribution in [0.2, 0.25) is 0 Å². The van der Waals surface area contributed by atoms with E-state index in [0.29, 0.717) is 11.7 Å². The van der Waals surface area contributed by atoms with Crippen LogP contribution in [0.5, 0.6) is 5.75 Å². The lowest BCUT2D eigenvalue weighted by atomic mass is 9.92. The van der Waals surface area contributed by atoms with Crippen LogP contribution in [0, 0.1) is 6.92 Å². The predicted octanol–water partition coefficient (Wildman–Crippen LogP) is 3.96. The first-order valence-electron chi connectivity index (χ1n) is 7.77. The molecule has 0 spiro atoms. The Labute approximate surface area is 138 Å². The van der Waals surface area contributed by atoms with Crippen molar-refractivity contribution in [2.75, 3.05) is 0 Å². The summed E-state index contributed by atoms with van der Waals surface area (Å²) in [4.78, 5) is 8.69. The molecule has 0 aliphatic heterocycles. The summed E-state index contributed by atoms with van der Waals surface area (Å²) in [5.41, 5.74) is 3.81. The summed E-state index contributed by atoms with van der Waals surface area (Å²) >= 11 is 1.51. The molecule has 1 aliphatic rings. The van der Waals surface area contributed by atoms with Gasteiger partial charge in [-0.05, 0) is 55.9 Å². The van der Waals surface area contributed by atoms with Crippen LogP contribution in [0.25, 0.3) is 10.8 Å². The zero-order valence-corrected chi connectivity index (χ0v) is 13.7. The third-order valence-electron chi connectivity index (χ3n) is 3.96. The van der Waals surface area contributed by atoms with E-state index in [4.69, 9.17) is 9.26 Å². The maximum atomic E-state index is 5.80. The zero-order valence-electron chi connectivity index (χ0n) is 12.9. The maximum absolute atomic E-state index is 5.80. The minimum atomic E-state index is 0.274. The molecule has 2 heterocycles. The first-order chi connectivity index (χ1) is 11.3. The van der Waals surface area contributed by atoms with Gasteiger partial charge in [0.05, 0.1) is 0 Å². The van der Waals surface area contributed by atoms with E-state index in [-0.39, 0.29) is 6.61 Å². The van der Waals surface area contributed by atoms with Gasteiger partial charge >= 0.3 is 0 Å². The fourth-order valence-corrected chi connectivity index (χ4v) is 3.52. The Morgan fingerprint density at radius 2 is 2.04 bits per heavy atom. The highest BCUT2D eigenvalue weighted by molar-refractivity contribution is 7.13. The molecule has 0 saturated heterocycles. The van der Waals surface area contributed by atoms with Crippen LogP contribution in [0.1, 0.15) is 35.6 Å². The van der Waals surface area contributed by atoms with Gasteiger partial charge in [0.1, 0.15) is 5.75 Å². The Morgan fingerprint density at radius 3 is 2.87 bits per heavy atom. The van der Waals surface area contributed by atoms with Crippen molar-refractivity contribution in [3.63, 3.8) is 0 Å². The number of aryl methyl sites for hydroxylation is 3. The first kappa shape index (κ1) is 14.4. The molecular formula is C17H17N3O2S. The second-order valence-corrected chi connectivity index (χ2v) is 6.59. The first-order valence-corrected chi connectivity index (χ1v) is 8.65. The minimum absolute atomic E-state index is 0.274. The predicted molar refractivity (Wildman–Crippen MR) is 87.6 cm³/mol. The Morgan fingerprint density at radius 1 is 1.17 bits per heavy atom. The monoisotopic (exact) mass is 327 g/mol. The summed E-state index contributed by atoms with van der Waals surface area (Å²) in [5, 5.41) is 6.70. The van der Waals surface area contributed by atoms with Gasteiger partial charge in [0, 0.05) is 11.1 Å². The highest BCUT2D eigenvalue weighted by Crippen LogP contribution is 2.26. The number of hydrogen-bond acceptors (Lipinski definition) is 6. The molecule has 5 nitrogen and oxygen atoms in total. The molecule has 2 aromatic heterocycles. The van der Waals surface area contributed by atoms with Crippen molar-refractivity contribution in [3.8, 4) is 16.6 Å². The van der Waals surface area contributed by atoms with E-state index in [1.807, 2.05) is 18.4 Å². The average Bonchev–Trinajstić information content (AvgIpc) is 3.21. The van der Waals surface area contributed by atoms with E-state index in [1.54, 1.807) is 0 Å². The smallest absolute Gasteiger partial charge is 0.264 e. The number of rotatable bonds is 4. The molecule has 0 radical (unpaired) electrons. The third kappa shape index (κ3) is 3.12. The number of aromatic nitrogens is 3. The van der Waals surface area contributed by atoms with Crippen molar-refractivity contribution < 1.29 is 9.26 Å². The molecule has 1 aliphatic carbocycles. The Bertz CT molecular complexity index is 825. The van der Waals surface area contributed by atoms with Crippen LogP contribution in [-0.2, 0) is 19.4 Å². The molecule has 0 bridgehead atoms. The summed E-state index contributed by atoms with van der Waals surface area (Å²) in [7, 11) is 0. The van der Waals surface area contributed by atoms with Crippen LogP contribution >= 0.6 is 11.3 Å². The normalized spacial score (nSPS) is 13.8. The van der Waals surface area contributed by atoms with Crippen LogP contribution < -0.4 is 4.74 Å². The van der Waals surface area contributed by atoms with Crippen molar-refractivity contribution in [1.29, 1.82) is 0 Å². The van der Waals surface area contributed by atoms with Gasteiger partial charge in [-0.1, -0.05) is 11.2 Å². The van der Waals surface area contributed by atoms with E-state index in [1.165, 1.54) is 41.7 Å². The standard InChI is InChI=1S/C17H17N3O2S/c1-11-10-23-17(18-11)16-19-15(22-20-16)9-21-14-7-6-12-4-2-3-5-13(12)8-14/h6-8,10H,2-5,9H2,1H3. The van der Waals surface area contributed by atoms with E-state index < -0.39 is 0 Å². The SMILES string of the molecule is Cc1csc(-c2noc(COc3ccc4c(c3)CCCC4)n2)n1. The molecule has 23 heavy (non-hydrogen) atoms. The number of benzene rings is 1. The van der Waals surface area contributed by atoms with E-state index >= 15 is 0 Å². The highest BCUT2D eigenvalue weighted by Gasteiger charge is 2.13. The Balaban J connectivity index is 1.44. The molecule has 0 amide bonds. The molecule has 0 fully saturated rings. The van der Waals surface area contributed by atoms with Gasteiger partial charge < -0.3 is 9.26 Å². The molecule has 3 aromatic rings. The summed E-state index contributed by atoms with van der Waals surface area (Å²) in [6, 6.07) is 6.32. The van der Waals surface area contributed by atoms with E-state index in [2.05, 4.69) is 27.3 Å². The number of fused-ring (bicyclic) bond motifs is 1. The largest absolute Gasteiger partial charge is 0.484 e. The molecule has 118 valence electrons. The fourth-order valence-electron chi connectivity index (χ4n) is 2.80. The average molecular weight is 327 g/mol. The molecule has 6 heteroatoms. The number of thiazole rings is 1. The number of hydrogen-bond donors (Lipinski definition) is 0. The van der Waals surface area contributed by atoms with Crippen molar-refractivity contribution in [1.82, 2.24) is 15.1 Å². The second kappa shape index (κ2) is 6.12. The number of nitrogens with zero attached hydrogens (tertiary/aromatic N) is 3. The minimum Gasteiger partial charge on any atom is -0.484 e. The summed E-state index contributed by atoms with van der Waals surface area (Å²) < 4.78 is 11.0. The Hall–Kier alpha value is -2.21. The van der Waals surface area contributed by atoms with Crippen molar-refractivity contribution in [2.24, 2.45) is 0 Å². The Kier molecular flexibility index (Phi) is 3.83. The third-order valence-corrected chi connectivity index (χ3v) is 4.92. The molecule has 0 atom stereocenters. The van der Waals surface area contributed by atoms with Gasteiger partial charge in [-0.15, -0.1) is 11.3 Å². The van der Waals surface area contributed by atoms with Crippen molar-refractivity contribution >= 4 is 11.3 Å². The zero-order chi connectivity index (χ0) is 15.6. The summed E-state index contributed by atoms with van der Waals surface area (Å²) in [6.45, 7) is 2.22. The van der Waals surface area contributed by atoms with Gasteiger partial charge in [0.2, 0.25) is 5.82 Å². The quantitative estimate of drug-likeness (QED) is 0.726. The lowest BCUT2D eigenvalue weighted by molar-refractivity contribution is 0.242. The molecular weight excluding hydrogens is 310 g/mol. The van der Waals surface area contributed by atoms with Gasteiger partial charge in [-0.3, -0.25) is 0 Å². The molecule has 0 saturated carbocycles. The van der Waals surface area contributed by atoms with Gasteiger partial charge in [-0.2, -0.15) is 4.98 Å². The van der Waals surface area contributed by atoms with Crippen LogP contribution in [0.15, 0.2) is 28.1 Å². The second-order valence-electron chi connectivity index (χ2n) is 5.73. The number of ether oxygens (including phenoxy) is 1. The molecule has 0 N–H and O–H groups in total. The molecule has 0 unspecified atom stereocenters. The van der Waals surface area contributed by atoms with E-state index in [9.17, 15) is 0 Å². The van der Waals surface area contributed by atoms with Gasteiger partial charge in [-0.25, -0.2) is 4.98 Å². The lowest BCUT2D eigenvalue weighted by Crippen LogP contribution is -2.03. The van der Waals surface area contributed by atoms with Crippen LogP contribution in [-0.4, -0.2) is 15.1 Å². The lowest BCUT2D eigenvalue weighted by Gasteiger charge is -2.16. The molecule has 4 rings (SSSR count). The van der Waals surface area contributed by atoms with Gasteiger partial charge in [0.25, 0.3) is 5.89 Å². The van der Waals surface area contributed by atoms with Gasteiger partial charge in [0.15, 0.2) is 11.6 Å². The van der Waals surface area contributed by atoms with Crippen LogP contribution in [0.3, 0.4) is 0 Å². The summed E-state index contributed by atoms with van der Waals surface area (Å²) in [6.07, 6.45) is 4.86. The highest BCUT2D eigenvalue weighted by atomic mass is 32.1.